The molecule has 0 atom stereocenters. The molecule has 1 aliphatic heterocycles. The van der Waals surface area contributed by atoms with E-state index in [2.05, 4.69) is 36.5 Å². The third-order valence-electron chi connectivity index (χ3n) is 5.74. The maximum atomic E-state index is 6.28. The zero-order chi connectivity index (χ0) is 18.1. The maximum Gasteiger partial charge on any atom is 0.108 e. The van der Waals surface area contributed by atoms with Gasteiger partial charge in [-0.3, -0.25) is 4.99 Å². The lowest BCUT2D eigenvalue weighted by Gasteiger charge is -2.42. The standard InChI is InChI=1S/C22H24Cl2N2/c1-15-6-5-7-16(10-15)14-25-21-22(8-3-2-4-9-22)13-17-11-18(23)19(24)12-20(17)26-21/h5-7,10-12H,2-4,8-9,13-14H2,1H3,(H,25,26). The summed E-state index contributed by atoms with van der Waals surface area (Å²) in [6, 6.07) is 12.6. The normalized spacial score (nSPS) is 20.0. The number of aryl methyl sites for hydroxylation is 1. The first kappa shape index (κ1) is 17.9. The number of nitrogens with one attached hydrogen (secondary N) is 1. The van der Waals surface area contributed by atoms with Crippen molar-refractivity contribution in [3.63, 3.8) is 0 Å². The van der Waals surface area contributed by atoms with Gasteiger partial charge in [0.05, 0.1) is 16.6 Å². The number of rotatable bonds is 2. The lowest BCUT2D eigenvalue weighted by molar-refractivity contribution is 0.278. The lowest BCUT2D eigenvalue weighted by Crippen LogP contribution is -2.43. The van der Waals surface area contributed by atoms with Gasteiger partial charge in [0.2, 0.25) is 0 Å². The van der Waals surface area contributed by atoms with Gasteiger partial charge in [-0.15, -0.1) is 0 Å². The summed E-state index contributed by atoms with van der Waals surface area (Å²) in [6.45, 7) is 2.84. The Bertz CT molecular complexity index is 851. The summed E-state index contributed by atoms with van der Waals surface area (Å²) in [5.74, 6) is 1.13. The van der Waals surface area contributed by atoms with Crippen molar-refractivity contribution in [3.8, 4) is 0 Å². The molecule has 1 N–H and O–H groups in total. The van der Waals surface area contributed by atoms with Gasteiger partial charge in [0.25, 0.3) is 0 Å². The van der Waals surface area contributed by atoms with Gasteiger partial charge in [-0.1, -0.05) is 72.3 Å². The van der Waals surface area contributed by atoms with Crippen LogP contribution in [0.2, 0.25) is 10.0 Å². The number of hydrogen-bond acceptors (Lipinski definition) is 1. The Morgan fingerprint density at radius 1 is 1.04 bits per heavy atom. The number of benzene rings is 2. The van der Waals surface area contributed by atoms with Crippen LogP contribution in [0.3, 0.4) is 0 Å². The van der Waals surface area contributed by atoms with E-state index in [1.165, 1.54) is 48.8 Å². The predicted molar refractivity (Wildman–Crippen MR) is 112 cm³/mol. The van der Waals surface area contributed by atoms with Gasteiger partial charge in [-0.25, -0.2) is 0 Å². The van der Waals surface area contributed by atoms with Crippen LogP contribution in [0.25, 0.3) is 0 Å². The second kappa shape index (κ2) is 7.25. The average Bonchev–Trinajstić information content (AvgIpc) is 2.62. The maximum absolute atomic E-state index is 6.28. The van der Waals surface area contributed by atoms with Gasteiger partial charge in [-0.2, -0.15) is 0 Å². The quantitative estimate of drug-likeness (QED) is 0.601. The summed E-state index contributed by atoms with van der Waals surface area (Å²) >= 11 is 12.5. The SMILES string of the molecule is Cc1cccc(CN=C2Nc3cc(Cl)c(Cl)cc3CC23CCCCC3)c1. The number of fused-ring (bicyclic) bond motifs is 1. The van der Waals surface area contributed by atoms with Gasteiger partial charge in [0, 0.05) is 11.1 Å². The van der Waals surface area contributed by atoms with Crippen molar-refractivity contribution in [1.82, 2.24) is 0 Å². The van der Waals surface area contributed by atoms with Crippen LogP contribution in [-0.2, 0) is 13.0 Å². The van der Waals surface area contributed by atoms with Gasteiger partial charge in [-0.05, 0) is 49.4 Å². The molecule has 136 valence electrons. The number of nitrogens with zero attached hydrogens (tertiary/aromatic N) is 1. The van der Waals surface area contributed by atoms with E-state index < -0.39 is 0 Å². The average molecular weight is 387 g/mol. The Hall–Kier alpha value is -1.51. The Labute approximate surface area is 165 Å². The van der Waals surface area contributed by atoms with E-state index in [4.69, 9.17) is 28.2 Å². The van der Waals surface area contributed by atoms with E-state index in [0.29, 0.717) is 16.6 Å². The van der Waals surface area contributed by atoms with Crippen LogP contribution in [0.5, 0.6) is 0 Å². The molecule has 1 spiro atoms. The highest BCUT2D eigenvalue weighted by Gasteiger charge is 2.41. The van der Waals surface area contributed by atoms with Crippen molar-refractivity contribution in [2.24, 2.45) is 10.4 Å². The molecule has 1 saturated carbocycles. The molecule has 4 heteroatoms. The van der Waals surface area contributed by atoms with E-state index in [9.17, 15) is 0 Å². The molecule has 1 fully saturated rings. The lowest BCUT2D eigenvalue weighted by atomic mass is 9.67. The first-order valence-corrected chi connectivity index (χ1v) is 10.2. The summed E-state index contributed by atoms with van der Waals surface area (Å²) in [6.07, 6.45) is 7.22. The summed E-state index contributed by atoms with van der Waals surface area (Å²) in [7, 11) is 0. The van der Waals surface area contributed by atoms with Crippen molar-refractivity contribution < 1.29 is 0 Å². The molecular formula is C22H24Cl2N2. The van der Waals surface area contributed by atoms with Gasteiger partial charge in [0.15, 0.2) is 0 Å². The first-order valence-electron chi connectivity index (χ1n) is 9.41. The Morgan fingerprint density at radius 2 is 1.81 bits per heavy atom. The van der Waals surface area contributed by atoms with Gasteiger partial charge in [0.1, 0.15) is 5.84 Å². The fourth-order valence-corrected chi connectivity index (χ4v) is 4.74. The minimum Gasteiger partial charge on any atom is -0.343 e. The highest BCUT2D eigenvalue weighted by Crippen LogP contribution is 2.46. The Kier molecular flexibility index (Phi) is 4.98. The van der Waals surface area contributed by atoms with E-state index in [1.54, 1.807) is 0 Å². The minimum absolute atomic E-state index is 0.117. The molecule has 0 aromatic heterocycles. The number of amidine groups is 1. The van der Waals surface area contributed by atoms with Crippen LogP contribution in [0.1, 0.15) is 48.8 Å². The summed E-state index contributed by atoms with van der Waals surface area (Å²) in [5.41, 5.74) is 4.96. The van der Waals surface area contributed by atoms with E-state index >= 15 is 0 Å². The monoisotopic (exact) mass is 386 g/mol. The fraction of sp³-hybridized carbons (Fsp3) is 0.409. The highest BCUT2D eigenvalue weighted by atomic mass is 35.5. The molecule has 0 unspecified atom stereocenters. The molecule has 2 nitrogen and oxygen atoms in total. The first-order chi connectivity index (χ1) is 12.6. The molecule has 2 aromatic carbocycles. The highest BCUT2D eigenvalue weighted by molar-refractivity contribution is 6.42. The Morgan fingerprint density at radius 3 is 2.58 bits per heavy atom. The van der Waals surface area contributed by atoms with Crippen molar-refractivity contribution in [3.05, 3.63) is 63.1 Å². The van der Waals surface area contributed by atoms with E-state index in [0.717, 1.165) is 17.9 Å². The van der Waals surface area contributed by atoms with Gasteiger partial charge >= 0.3 is 0 Å². The molecular weight excluding hydrogens is 363 g/mol. The minimum atomic E-state index is 0.117. The molecule has 0 saturated heterocycles. The second-order valence-electron chi connectivity index (χ2n) is 7.72. The summed E-state index contributed by atoms with van der Waals surface area (Å²) in [5, 5.41) is 4.85. The smallest absolute Gasteiger partial charge is 0.108 e. The van der Waals surface area contributed by atoms with E-state index in [1.807, 2.05) is 12.1 Å². The van der Waals surface area contributed by atoms with Gasteiger partial charge < -0.3 is 5.32 Å². The second-order valence-corrected chi connectivity index (χ2v) is 8.53. The summed E-state index contributed by atoms with van der Waals surface area (Å²) in [4.78, 5) is 5.05. The van der Waals surface area contributed by atoms with Crippen LogP contribution in [-0.4, -0.2) is 5.84 Å². The fourth-order valence-electron chi connectivity index (χ4n) is 4.39. The van der Waals surface area contributed by atoms with E-state index in [-0.39, 0.29) is 5.41 Å². The van der Waals surface area contributed by atoms with Crippen LogP contribution in [0.4, 0.5) is 5.69 Å². The number of aliphatic imine (C=N–C) groups is 1. The zero-order valence-corrected chi connectivity index (χ0v) is 16.6. The molecule has 2 aromatic rings. The molecule has 0 bridgehead atoms. The molecule has 0 amide bonds. The number of anilines is 1. The van der Waals surface area contributed by atoms with Crippen molar-refractivity contribution in [2.45, 2.75) is 52.0 Å². The van der Waals surface area contributed by atoms with Crippen LogP contribution < -0.4 is 5.32 Å². The molecule has 1 aliphatic carbocycles. The topological polar surface area (TPSA) is 24.4 Å². The van der Waals surface area contributed by atoms with Crippen LogP contribution >= 0.6 is 23.2 Å². The molecule has 0 radical (unpaired) electrons. The number of hydrogen-bond donors (Lipinski definition) is 1. The molecule has 2 aliphatic rings. The molecule has 1 heterocycles. The zero-order valence-electron chi connectivity index (χ0n) is 15.1. The van der Waals surface area contributed by atoms with Crippen molar-refractivity contribution in [1.29, 1.82) is 0 Å². The van der Waals surface area contributed by atoms with Crippen molar-refractivity contribution >= 4 is 34.7 Å². The third kappa shape index (κ3) is 3.50. The van der Waals surface area contributed by atoms with Crippen molar-refractivity contribution in [2.75, 3.05) is 5.32 Å². The number of halogens is 2. The largest absolute Gasteiger partial charge is 0.343 e. The predicted octanol–water partition coefficient (Wildman–Crippen LogP) is 6.82. The molecule has 4 rings (SSSR count). The van der Waals surface area contributed by atoms with Crippen LogP contribution in [0, 0.1) is 12.3 Å². The van der Waals surface area contributed by atoms with Crippen LogP contribution in [0.15, 0.2) is 41.4 Å². The molecule has 26 heavy (non-hydrogen) atoms. The summed E-state index contributed by atoms with van der Waals surface area (Å²) < 4.78 is 0. The third-order valence-corrected chi connectivity index (χ3v) is 6.47. The Balaban J connectivity index is 1.70.